The monoisotopic (exact) mass is 457 g/mol. The van der Waals surface area contributed by atoms with E-state index in [0.29, 0.717) is 19.6 Å². The van der Waals surface area contributed by atoms with E-state index in [0.717, 1.165) is 46.9 Å². The minimum Gasteiger partial charge on any atom is -0.353 e. The number of piperazine rings is 1. The van der Waals surface area contributed by atoms with Crippen LogP contribution in [0.4, 0.5) is 11.5 Å². The maximum Gasteiger partial charge on any atom is 0.228 e. The van der Waals surface area contributed by atoms with E-state index < -0.39 is 0 Å². The zero-order chi connectivity index (χ0) is 23.8. The highest BCUT2D eigenvalue weighted by atomic mass is 16.2. The molecule has 1 aromatic heterocycles. The van der Waals surface area contributed by atoms with Crippen LogP contribution in [-0.2, 0) is 9.59 Å². The molecule has 2 aliphatic heterocycles. The van der Waals surface area contributed by atoms with Gasteiger partial charge in [-0.2, -0.15) is 0 Å². The summed E-state index contributed by atoms with van der Waals surface area (Å²) < 4.78 is 0. The molecule has 0 radical (unpaired) electrons. The molecule has 7 heteroatoms. The third kappa shape index (κ3) is 4.22. The van der Waals surface area contributed by atoms with E-state index in [4.69, 9.17) is 4.98 Å². The van der Waals surface area contributed by atoms with Crippen molar-refractivity contribution in [3.8, 4) is 0 Å². The molecule has 34 heavy (non-hydrogen) atoms. The van der Waals surface area contributed by atoms with Crippen molar-refractivity contribution in [2.75, 3.05) is 42.5 Å². The fraction of sp³-hybridized carbons (Fsp3) is 0.407. The second-order valence-corrected chi connectivity index (χ2v) is 9.60. The summed E-state index contributed by atoms with van der Waals surface area (Å²) in [6.45, 7) is 9.36. The molecular formula is C27H31N5O2. The number of fused-ring (bicyclic) bond motifs is 1. The number of carbonyl (C=O) groups is 2. The third-order valence-electron chi connectivity index (χ3n) is 6.82. The standard InChI is InChI=1S/C27H31N5O2/c1-18(2)26-28-19(3)15-24(29-26)30-11-13-31(14-12-30)27(34)21-16-25(33)32(17-21)23-10-6-8-20-7-4-5-9-22(20)23/h4-10,15,18,21H,11-14,16-17H2,1-3H3. The lowest BCUT2D eigenvalue weighted by Gasteiger charge is -2.36. The van der Waals surface area contributed by atoms with Crippen LogP contribution in [0, 0.1) is 12.8 Å². The highest BCUT2D eigenvalue weighted by Gasteiger charge is 2.38. The highest BCUT2D eigenvalue weighted by Crippen LogP contribution is 2.32. The Kier molecular flexibility index (Phi) is 5.94. The predicted molar refractivity (Wildman–Crippen MR) is 134 cm³/mol. The molecule has 3 aromatic rings. The van der Waals surface area contributed by atoms with Crippen molar-refractivity contribution in [2.45, 2.75) is 33.1 Å². The van der Waals surface area contributed by atoms with Gasteiger partial charge in [-0.15, -0.1) is 0 Å². The van der Waals surface area contributed by atoms with Gasteiger partial charge in [0.1, 0.15) is 11.6 Å². The van der Waals surface area contributed by atoms with Gasteiger partial charge in [0, 0.05) is 62.2 Å². The summed E-state index contributed by atoms with van der Waals surface area (Å²) in [5.41, 5.74) is 1.86. The molecule has 0 bridgehead atoms. The summed E-state index contributed by atoms with van der Waals surface area (Å²) >= 11 is 0. The van der Waals surface area contributed by atoms with Gasteiger partial charge in [0.05, 0.1) is 11.6 Å². The van der Waals surface area contributed by atoms with E-state index in [9.17, 15) is 9.59 Å². The molecule has 2 saturated heterocycles. The fourth-order valence-electron chi connectivity index (χ4n) is 4.96. The van der Waals surface area contributed by atoms with E-state index in [-0.39, 0.29) is 30.1 Å². The largest absolute Gasteiger partial charge is 0.353 e. The maximum atomic E-state index is 13.3. The fourth-order valence-corrected chi connectivity index (χ4v) is 4.96. The maximum absolute atomic E-state index is 13.3. The van der Waals surface area contributed by atoms with Crippen LogP contribution in [-0.4, -0.2) is 59.4 Å². The number of aryl methyl sites for hydroxylation is 1. The normalized spacial score (nSPS) is 18.9. The van der Waals surface area contributed by atoms with Crippen molar-refractivity contribution in [3.63, 3.8) is 0 Å². The Balaban J connectivity index is 1.26. The number of benzene rings is 2. The molecule has 2 amide bonds. The summed E-state index contributed by atoms with van der Waals surface area (Å²) in [6, 6.07) is 16.1. The molecule has 2 fully saturated rings. The molecule has 0 spiro atoms. The number of nitrogens with zero attached hydrogens (tertiary/aromatic N) is 5. The van der Waals surface area contributed by atoms with Crippen molar-refractivity contribution in [3.05, 3.63) is 60.0 Å². The number of carbonyl (C=O) groups excluding carboxylic acids is 2. The van der Waals surface area contributed by atoms with Crippen molar-refractivity contribution >= 4 is 34.1 Å². The van der Waals surface area contributed by atoms with Gasteiger partial charge in [0.2, 0.25) is 11.8 Å². The molecule has 3 heterocycles. The van der Waals surface area contributed by atoms with E-state index >= 15 is 0 Å². The average Bonchev–Trinajstić information content (AvgIpc) is 3.24. The zero-order valence-electron chi connectivity index (χ0n) is 20.1. The van der Waals surface area contributed by atoms with E-state index in [2.05, 4.69) is 23.7 Å². The summed E-state index contributed by atoms with van der Waals surface area (Å²) in [6.07, 6.45) is 0.269. The number of amides is 2. The lowest BCUT2D eigenvalue weighted by molar-refractivity contribution is -0.136. The van der Waals surface area contributed by atoms with E-state index in [1.807, 2.05) is 60.4 Å². The molecule has 0 aliphatic carbocycles. The zero-order valence-corrected chi connectivity index (χ0v) is 20.1. The summed E-state index contributed by atoms with van der Waals surface area (Å²) in [5.74, 6) is 1.86. The van der Waals surface area contributed by atoms with Crippen molar-refractivity contribution in [1.82, 2.24) is 14.9 Å². The number of rotatable bonds is 4. The lowest BCUT2D eigenvalue weighted by atomic mass is 10.1. The Labute approximate surface area is 200 Å². The number of hydrogen-bond donors (Lipinski definition) is 0. The van der Waals surface area contributed by atoms with Crippen molar-refractivity contribution in [1.29, 1.82) is 0 Å². The molecular weight excluding hydrogens is 426 g/mol. The summed E-state index contributed by atoms with van der Waals surface area (Å²) in [7, 11) is 0. The molecule has 2 aromatic carbocycles. The van der Waals surface area contributed by atoms with Crippen molar-refractivity contribution < 1.29 is 9.59 Å². The number of aromatic nitrogens is 2. The SMILES string of the molecule is Cc1cc(N2CCN(C(=O)C3CC(=O)N(c4cccc5ccccc45)C3)CC2)nc(C(C)C)n1. The first-order valence-electron chi connectivity index (χ1n) is 12.1. The Morgan fingerprint density at radius 2 is 1.74 bits per heavy atom. The molecule has 1 unspecified atom stereocenters. The van der Waals surface area contributed by atoms with Gasteiger partial charge in [-0.05, 0) is 18.4 Å². The molecule has 176 valence electrons. The Morgan fingerprint density at radius 1 is 1.00 bits per heavy atom. The summed E-state index contributed by atoms with van der Waals surface area (Å²) in [4.78, 5) is 41.5. The summed E-state index contributed by atoms with van der Waals surface area (Å²) in [5, 5.41) is 2.14. The van der Waals surface area contributed by atoms with Crippen LogP contribution < -0.4 is 9.80 Å². The third-order valence-corrected chi connectivity index (χ3v) is 6.82. The Morgan fingerprint density at radius 3 is 2.50 bits per heavy atom. The smallest absolute Gasteiger partial charge is 0.228 e. The minimum atomic E-state index is -0.299. The Hall–Kier alpha value is -3.48. The average molecular weight is 458 g/mol. The van der Waals surface area contributed by atoms with Crippen LogP contribution >= 0.6 is 0 Å². The second kappa shape index (κ2) is 9.05. The molecule has 0 N–H and O–H groups in total. The highest BCUT2D eigenvalue weighted by molar-refractivity contribution is 6.07. The minimum absolute atomic E-state index is 0.0195. The van der Waals surface area contributed by atoms with Gasteiger partial charge in [-0.1, -0.05) is 50.2 Å². The first-order chi connectivity index (χ1) is 16.4. The second-order valence-electron chi connectivity index (χ2n) is 9.60. The number of anilines is 2. The van der Waals surface area contributed by atoms with Gasteiger partial charge in [0.15, 0.2) is 0 Å². The quantitative estimate of drug-likeness (QED) is 0.597. The van der Waals surface area contributed by atoms with Gasteiger partial charge >= 0.3 is 0 Å². The van der Waals surface area contributed by atoms with Crippen LogP contribution in [0.5, 0.6) is 0 Å². The van der Waals surface area contributed by atoms with Crippen LogP contribution in [0.15, 0.2) is 48.5 Å². The molecule has 5 rings (SSSR count). The van der Waals surface area contributed by atoms with E-state index in [1.54, 1.807) is 4.90 Å². The van der Waals surface area contributed by atoms with E-state index in [1.165, 1.54) is 0 Å². The van der Waals surface area contributed by atoms with Gasteiger partial charge in [-0.3, -0.25) is 9.59 Å². The first kappa shape index (κ1) is 22.3. The molecule has 2 aliphatic rings. The van der Waals surface area contributed by atoms with Crippen LogP contribution in [0.25, 0.3) is 10.8 Å². The van der Waals surface area contributed by atoms with Crippen LogP contribution in [0.2, 0.25) is 0 Å². The van der Waals surface area contributed by atoms with Gasteiger partial charge < -0.3 is 14.7 Å². The van der Waals surface area contributed by atoms with Gasteiger partial charge in [0.25, 0.3) is 0 Å². The molecule has 7 nitrogen and oxygen atoms in total. The first-order valence-corrected chi connectivity index (χ1v) is 12.1. The van der Waals surface area contributed by atoms with Gasteiger partial charge in [-0.25, -0.2) is 9.97 Å². The van der Waals surface area contributed by atoms with Crippen LogP contribution in [0.1, 0.15) is 37.7 Å². The Bertz CT molecular complexity index is 1230. The molecule has 1 atom stereocenters. The number of hydrogen-bond acceptors (Lipinski definition) is 5. The van der Waals surface area contributed by atoms with Crippen molar-refractivity contribution in [2.24, 2.45) is 5.92 Å². The molecule has 0 saturated carbocycles. The topological polar surface area (TPSA) is 69.6 Å². The lowest BCUT2D eigenvalue weighted by Crippen LogP contribution is -2.51. The predicted octanol–water partition coefficient (Wildman–Crippen LogP) is 3.76. The van der Waals surface area contributed by atoms with Crippen LogP contribution in [0.3, 0.4) is 0 Å².